The van der Waals surface area contributed by atoms with E-state index in [0.29, 0.717) is 30.6 Å². The van der Waals surface area contributed by atoms with Gasteiger partial charge in [-0.15, -0.1) is 0 Å². The molecule has 1 fully saturated rings. The van der Waals surface area contributed by atoms with Crippen LogP contribution in [0.25, 0.3) is 0 Å². The standard InChI is InChI=1S/C28H33N7O5S/c1-34(2)15-7-12-25(36)30-22-10-6-11-23(18-22)41(39,40)35-16-13-21(14-17-35)31-28(38)26-24(19-29-33-26)32-27(37)20-8-4-3-5-9-20/h3-12,18-19,21H,13-17H2,1-2H3,(H,29,33)(H,30,36)(H,31,38)(H,32,37). The SMILES string of the molecule is CN(C)CC=CC(=O)Nc1cccc(S(=O)(=O)N2CCC(NC(=O)c3[nH]ncc3NC(=O)c3ccccc3)CC2)c1. The Morgan fingerprint density at radius 2 is 1.76 bits per heavy atom. The number of piperidine rings is 1. The molecule has 2 aromatic carbocycles. The van der Waals surface area contributed by atoms with Crippen LogP contribution in [-0.4, -0.2) is 85.3 Å². The van der Waals surface area contributed by atoms with Crippen LogP contribution in [0.3, 0.4) is 0 Å². The minimum Gasteiger partial charge on any atom is -0.348 e. The smallest absolute Gasteiger partial charge is 0.271 e. The molecule has 1 aliphatic rings. The first kappa shape index (κ1) is 29.6. The van der Waals surface area contributed by atoms with Gasteiger partial charge < -0.3 is 20.9 Å². The number of amides is 3. The molecular weight excluding hydrogens is 546 g/mol. The topological polar surface area (TPSA) is 157 Å². The molecule has 1 aliphatic heterocycles. The fraction of sp³-hybridized carbons (Fsp3) is 0.286. The van der Waals surface area contributed by atoms with Crippen LogP contribution in [0.2, 0.25) is 0 Å². The Kier molecular flexibility index (Phi) is 9.65. The molecule has 41 heavy (non-hydrogen) atoms. The Morgan fingerprint density at radius 1 is 1.02 bits per heavy atom. The van der Waals surface area contributed by atoms with Gasteiger partial charge in [0.2, 0.25) is 15.9 Å². The molecule has 4 N–H and O–H groups in total. The third-order valence-electron chi connectivity index (χ3n) is 6.42. The van der Waals surface area contributed by atoms with Gasteiger partial charge in [0.15, 0.2) is 0 Å². The van der Waals surface area contributed by atoms with Gasteiger partial charge in [-0.3, -0.25) is 19.5 Å². The molecule has 0 radical (unpaired) electrons. The highest BCUT2D eigenvalue weighted by Gasteiger charge is 2.31. The zero-order chi connectivity index (χ0) is 29.4. The van der Waals surface area contributed by atoms with Crippen LogP contribution in [-0.2, 0) is 14.8 Å². The second kappa shape index (κ2) is 13.4. The average Bonchev–Trinajstić information content (AvgIpc) is 3.42. The highest BCUT2D eigenvalue weighted by atomic mass is 32.2. The summed E-state index contributed by atoms with van der Waals surface area (Å²) in [5.41, 5.74) is 1.18. The van der Waals surface area contributed by atoms with E-state index >= 15 is 0 Å². The molecule has 0 spiro atoms. The number of aromatic amines is 1. The number of hydrogen-bond donors (Lipinski definition) is 4. The van der Waals surface area contributed by atoms with E-state index in [1.165, 1.54) is 28.7 Å². The molecule has 3 amide bonds. The van der Waals surface area contributed by atoms with Crippen LogP contribution in [0.4, 0.5) is 11.4 Å². The first-order valence-corrected chi connectivity index (χ1v) is 14.5. The van der Waals surface area contributed by atoms with E-state index in [1.54, 1.807) is 48.5 Å². The van der Waals surface area contributed by atoms with Crippen molar-refractivity contribution in [1.82, 2.24) is 24.7 Å². The number of carbonyl (C=O) groups excluding carboxylic acids is 3. The van der Waals surface area contributed by atoms with Crippen molar-refractivity contribution in [3.8, 4) is 0 Å². The maximum Gasteiger partial charge on any atom is 0.271 e. The van der Waals surface area contributed by atoms with Gasteiger partial charge in [-0.2, -0.15) is 9.40 Å². The Balaban J connectivity index is 1.32. The number of nitrogens with one attached hydrogen (secondary N) is 4. The van der Waals surface area contributed by atoms with Gasteiger partial charge in [0.25, 0.3) is 11.8 Å². The quantitative estimate of drug-likeness (QED) is 0.269. The maximum absolute atomic E-state index is 13.3. The number of nitrogens with zero attached hydrogens (tertiary/aromatic N) is 3. The molecule has 2 heterocycles. The fourth-order valence-electron chi connectivity index (χ4n) is 4.27. The molecule has 0 bridgehead atoms. The van der Waals surface area contributed by atoms with Crippen molar-refractivity contribution < 1.29 is 22.8 Å². The number of anilines is 2. The van der Waals surface area contributed by atoms with Crippen LogP contribution in [0.5, 0.6) is 0 Å². The molecule has 13 heteroatoms. The molecule has 0 saturated carbocycles. The predicted octanol–water partition coefficient (Wildman–Crippen LogP) is 2.30. The molecular formula is C28H33N7O5S. The third kappa shape index (κ3) is 7.87. The van der Waals surface area contributed by atoms with Crippen molar-refractivity contribution in [3.63, 3.8) is 0 Å². The van der Waals surface area contributed by atoms with Crippen LogP contribution < -0.4 is 16.0 Å². The lowest BCUT2D eigenvalue weighted by atomic mass is 10.1. The highest BCUT2D eigenvalue weighted by Crippen LogP contribution is 2.24. The van der Waals surface area contributed by atoms with Crippen molar-refractivity contribution in [1.29, 1.82) is 0 Å². The highest BCUT2D eigenvalue weighted by molar-refractivity contribution is 7.89. The molecule has 3 aromatic rings. The maximum atomic E-state index is 13.3. The van der Waals surface area contributed by atoms with E-state index in [-0.39, 0.29) is 47.2 Å². The van der Waals surface area contributed by atoms with Crippen molar-refractivity contribution in [2.75, 3.05) is 44.4 Å². The second-order valence-electron chi connectivity index (χ2n) is 9.81. The van der Waals surface area contributed by atoms with Gasteiger partial charge in [0.1, 0.15) is 5.69 Å². The van der Waals surface area contributed by atoms with Gasteiger partial charge in [-0.25, -0.2) is 8.42 Å². The van der Waals surface area contributed by atoms with Gasteiger partial charge in [-0.05, 0) is 57.3 Å². The number of carbonyl (C=O) groups is 3. The molecule has 0 aliphatic carbocycles. The van der Waals surface area contributed by atoms with Gasteiger partial charge in [-0.1, -0.05) is 30.3 Å². The lowest BCUT2D eigenvalue weighted by molar-refractivity contribution is -0.111. The van der Waals surface area contributed by atoms with E-state index in [2.05, 4.69) is 26.1 Å². The first-order valence-electron chi connectivity index (χ1n) is 13.1. The number of sulfonamides is 1. The predicted molar refractivity (Wildman–Crippen MR) is 155 cm³/mol. The van der Waals surface area contributed by atoms with Crippen LogP contribution in [0.1, 0.15) is 33.7 Å². The van der Waals surface area contributed by atoms with E-state index in [0.717, 1.165) is 0 Å². The summed E-state index contributed by atoms with van der Waals surface area (Å²) in [6.45, 7) is 1.02. The number of likely N-dealkylation sites (N-methyl/N-ethyl adjacent to an activating group) is 1. The minimum atomic E-state index is -3.81. The van der Waals surface area contributed by atoms with Gasteiger partial charge in [0.05, 0.1) is 16.8 Å². The van der Waals surface area contributed by atoms with Crippen molar-refractivity contribution in [3.05, 3.63) is 84.2 Å². The zero-order valence-corrected chi connectivity index (χ0v) is 23.6. The minimum absolute atomic E-state index is 0.0753. The summed E-state index contributed by atoms with van der Waals surface area (Å²) in [5, 5.41) is 14.8. The summed E-state index contributed by atoms with van der Waals surface area (Å²) in [7, 11) is -0.0366. The van der Waals surface area contributed by atoms with Gasteiger partial charge in [0, 0.05) is 43.0 Å². The van der Waals surface area contributed by atoms with E-state index < -0.39 is 15.9 Å². The first-order chi connectivity index (χ1) is 19.6. The monoisotopic (exact) mass is 579 g/mol. The van der Waals surface area contributed by atoms with E-state index in [4.69, 9.17) is 0 Å². The summed E-state index contributed by atoms with van der Waals surface area (Å²) >= 11 is 0. The Bertz CT molecular complexity index is 1510. The molecule has 4 rings (SSSR count). The summed E-state index contributed by atoms with van der Waals surface area (Å²) in [6.07, 6.45) is 5.29. The largest absolute Gasteiger partial charge is 0.348 e. The number of hydrogen-bond acceptors (Lipinski definition) is 7. The normalized spacial score (nSPS) is 14.7. The van der Waals surface area contributed by atoms with Crippen molar-refractivity contribution in [2.45, 2.75) is 23.8 Å². The number of benzene rings is 2. The Hall–Kier alpha value is -4.33. The number of aromatic nitrogens is 2. The molecule has 216 valence electrons. The number of H-pyrrole nitrogens is 1. The zero-order valence-electron chi connectivity index (χ0n) is 22.8. The van der Waals surface area contributed by atoms with Crippen molar-refractivity contribution in [2.24, 2.45) is 0 Å². The summed E-state index contributed by atoms with van der Waals surface area (Å²) in [5.74, 6) is -1.17. The van der Waals surface area contributed by atoms with Gasteiger partial charge >= 0.3 is 0 Å². The van der Waals surface area contributed by atoms with Crippen LogP contribution in [0.15, 0.2) is 77.8 Å². The number of rotatable bonds is 10. The lowest BCUT2D eigenvalue weighted by Crippen LogP contribution is -2.46. The molecule has 1 saturated heterocycles. The lowest BCUT2D eigenvalue weighted by Gasteiger charge is -2.31. The Labute approximate surface area is 238 Å². The van der Waals surface area contributed by atoms with Crippen LogP contribution in [0, 0.1) is 0 Å². The van der Waals surface area contributed by atoms with Crippen LogP contribution >= 0.6 is 0 Å². The Morgan fingerprint density at radius 3 is 2.46 bits per heavy atom. The average molecular weight is 580 g/mol. The van der Waals surface area contributed by atoms with Crippen molar-refractivity contribution >= 4 is 39.1 Å². The third-order valence-corrected chi connectivity index (χ3v) is 8.31. The fourth-order valence-corrected chi connectivity index (χ4v) is 5.79. The molecule has 0 atom stereocenters. The molecule has 0 unspecified atom stereocenters. The second-order valence-corrected chi connectivity index (χ2v) is 11.8. The molecule has 12 nitrogen and oxygen atoms in total. The summed E-state index contributed by atoms with van der Waals surface area (Å²) in [4.78, 5) is 39.6. The summed E-state index contributed by atoms with van der Waals surface area (Å²) < 4.78 is 28.0. The van der Waals surface area contributed by atoms with E-state index in [1.807, 2.05) is 19.0 Å². The molecule has 1 aromatic heterocycles. The summed E-state index contributed by atoms with van der Waals surface area (Å²) in [6, 6.07) is 14.5. The van der Waals surface area contributed by atoms with E-state index in [9.17, 15) is 22.8 Å².